The predicted molar refractivity (Wildman–Crippen MR) is 96.5 cm³/mol. The second-order valence-electron chi connectivity index (χ2n) is 6.03. The first-order valence-corrected chi connectivity index (χ1v) is 10.4. The van der Waals surface area contributed by atoms with Crippen molar-refractivity contribution in [3.05, 3.63) is 34.9 Å². The predicted octanol–water partition coefficient (Wildman–Crippen LogP) is 0.305. The summed E-state index contributed by atoms with van der Waals surface area (Å²) in [5.41, 5.74) is 0.363. The van der Waals surface area contributed by atoms with Gasteiger partial charge >= 0.3 is 0 Å². The normalized spacial score (nSPS) is 16.3. The van der Waals surface area contributed by atoms with E-state index in [9.17, 15) is 18.0 Å². The number of hydrogen-bond donors (Lipinski definition) is 2. The monoisotopic (exact) mass is 387 g/mol. The van der Waals surface area contributed by atoms with Crippen LogP contribution in [0.4, 0.5) is 0 Å². The maximum Gasteiger partial charge on any atom is 0.251 e. The molecule has 1 fully saturated rings. The first-order chi connectivity index (χ1) is 11.8. The molecule has 2 rings (SSSR count). The van der Waals surface area contributed by atoms with Crippen molar-refractivity contribution < 1.29 is 18.0 Å². The van der Waals surface area contributed by atoms with Crippen LogP contribution in [0.5, 0.6) is 0 Å². The molecule has 1 heterocycles. The second kappa shape index (κ2) is 8.64. The van der Waals surface area contributed by atoms with E-state index in [0.29, 0.717) is 36.8 Å². The Morgan fingerprint density at radius 1 is 1.24 bits per heavy atom. The maximum atomic E-state index is 12.7. The Morgan fingerprint density at radius 2 is 1.84 bits per heavy atom. The fourth-order valence-electron chi connectivity index (χ4n) is 2.54. The summed E-state index contributed by atoms with van der Waals surface area (Å²) in [6, 6.07) is 5.40. The number of halogens is 1. The number of rotatable bonds is 6. The molecule has 1 unspecified atom stereocenters. The molecule has 0 radical (unpaired) electrons. The van der Waals surface area contributed by atoms with E-state index in [2.05, 4.69) is 10.6 Å². The van der Waals surface area contributed by atoms with Crippen LogP contribution in [-0.2, 0) is 14.6 Å². The van der Waals surface area contributed by atoms with Crippen LogP contribution in [0, 0.1) is 0 Å². The van der Waals surface area contributed by atoms with Gasteiger partial charge in [-0.25, -0.2) is 8.42 Å². The minimum Gasteiger partial charge on any atom is -0.340 e. The van der Waals surface area contributed by atoms with Gasteiger partial charge in [-0.2, -0.15) is 0 Å². The minimum atomic E-state index is -3.24. The van der Waals surface area contributed by atoms with E-state index < -0.39 is 21.8 Å². The smallest absolute Gasteiger partial charge is 0.251 e. The maximum absolute atomic E-state index is 12.7. The standard InChI is InChI=1S/C16H22ClN3O4S/c1-25(23,24)11-6-14(16(22)20-9-7-18-8-10-20)19-15(21)12-2-4-13(17)5-3-12/h2-5,14,18H,6-11H2,1H3,(H,19,21). The molecular formula is C16H22ClN3O4S. The summed E-state index contributed by atoms with van der Waals surface area (Å²) >= 11 is 5.81. The van der Waals surface area contributed by atoms with Crippen molar-refractivity contribution in [2.45, 2.75) is 12.5 Å². The molecule has 0 bridgehead atoms. The van der Waals surface area contributed by atoms with Gasteiger partial charge in [0.1, 0.15) is 15.9 Å². The number of carbonyl (C=O) groups excluding carboxylic acids is 2. The van der Waals surface area contributed by atoms with Crippen molar-refractivity contribution in [3.63, 3.8) is 0 Å². The fourth-order valence-corrected chi connectivity index (χ4v) is 3.33. The van der Waals surface area contributed by atoms with Crippen LogP contribution in [0.15, 0.2) is 24.3 Å². The highest BCUT2D eigenvalue weighted by atomic mass is 35.5. The summed E-state index contributed by atoms with van der Waals surface area (Å²) in [6.45, 7) is 2.42. The van der Waals surface area contributed by atoms with Crippen molar-refractivity contribution in [2.75, 3.05) is 38.2 Å². The zero-order chi connectivity index (χ0) is 18.4. The van der Waals surface area contributed by atoms with Gasteiger partial charge in [-0.1, -0.05) is 11.6 Å². The molecule has 1 atom stereocenters. The molecular weight excluding hydrogens is 366 g/mol. The lowest BCUT2D eigenvalue weighted by molar-refractivity contribution is -0.133. The zero-order valence-electron chi connectivity index (χ0n) is 14.0. The molecule has 1 aliphatic heterocycles. The van der Waals surface area contributed by atoms with Crippen LogP contribution >= 0.6 is 11.6 Å². The Hall–Kier alpha value is -1.64. The van der Waals surface area contributed by atoms with Crippen LogP contribution < -0.4 is 10.6 Å². The van der Waals surface area contributed by atoms with Crippen molar-refractivity contribution in [3.8, 4) is 0 Å². The van der Waals surface area contributed by atoms with Gasteiger partial charge in [0, 0.05) is 43.0 Å². The van der Waals surface area contributed by atoms with Gasteiger partial charge in [0.25, 0.3) is 5.91 Å². The van der Waals surface area contributed by atoms with Gasteiger partial charge in [0.15, 0.2) is 0 Å². The van der Waals surface area contributed by atoms with Gasteiger partial charge < -0.3 is 15.5 Å². The summed E-state index contributed by atoms with van der Waals surface area (Å²) in [7, 11) is -3.24. The van der Waals surface area contributed by atoms with Crippen LogP contribution in [0.3, 0.4) is 0 Å². The third kappa shape index (κ3) is 6.30. The number of nitrogens with one attached hydrogen (secondary N) is 2. The summed E-state index contributed by atoms with van der Waals surface area (Å²) < 4.78 is 22.9. The highest BCUT2D eigenvalue weighted by molar-refractivity contribution is 7.90. The van der Waals surface area contributed by atoms with Crippen molar-refractivity contribution in [1.29, 1.82) is 0 Å². The van der Waals surface area contributed by atoms with Gasteiger partial charge in [-0.3, -0.25) is 9.59 Å². The Bertz CT molecular complexity index is 715. The molecule has 0 saturated carbocycles. The zero-order valence-corrected chi connectivity index (χ0v) is 15.6. The summed E-state index contributed by atoms with van der Waals surface area (Å²) in [6.07, 6.45) is 1.15. The first-order valence-electron chi connectivity index (χ1n) is 8.00. The van der Waals surface area contributed by atoms with Crippen LogP contribution in [0.1, 0.15) is 16.8 Å². The number of sulfone groups is 1. The van der Waals surface area contributed by atoms with Crippen molar-refractivity contribution in [2.24, 2.45) is 0 Å². The van der Waals surface area contributed by atoms with E-state index >= 15 is 0 Å². The molecule has 25 heavy (non-hydrogen) atoms. The van der Waals surface area contributed by atoms with Crippen LogP contribution in [0.25, 0.3) is 0 Å². The lowest BCUT2D eigenvalue weighted by Crippen LogP contribution is -2.54. The lowest BCUT2D eigenvalue weighted by atomic mass is 10.1. The molecule has 2 amide bonds. The summed E-state index contributed by atoms with van der Waals surface area (Å²) in [5.74, 6) is -0.859. The molecule has 0 aromatic heterocycles. The Balaban J connectivity index is 2.10. The average Bonchev–Trinajstić information content (AvgIpc) is 2.58. The molecule has 1 aromatic carbocycles. The van der Waals surface area contributed by atoms with Crippen LogP contribution in [0.2, 0.25) is 5.02 Å². The lowest BCUT2D eigenvalue weighted by Gasteiger charge is -2.31. The number of hydrogen-bond acceptors (Lipinski definition) is 5. The van der Waals surface area contributed by atoms with Crippen molar-refractivity contribution >= 4 is 33.3 Å². The van der Waals surface area contributed by atoms with E-state index in [0.717, 1.165) is 6.26 Å². The molecule has 0 aliphatic carbocycles. The quantitative estimate of drug-likeness (QED) is 0.732. The summed E-state index contributed by atoms with van der Waals surface area (Å²) in [5, 5.41) is 6.31. The SMILES string of the molecule is CS(=O)(=O)CCC(NC(=O)c1ccc(Cl)cc1)C(=O)N1CCNCC1. The molecule has 138 valence electrons. The number of nitrogens with zero attached hydrogens (tertiary/aromatic N) is 1. The van der Waals surface area contributed by atoms with E-state index in [1.54, 1.807) is 29.2 Å². The topological polar surface area (TPSA) is 95.6 Å². The van der Waals surface area contributed by atoms with Crippen molar-refractivity contribution in [1.82, 2.24) is 15.5 Å². The first kappa shape index (κ1) is 19.7. The molecule has 9 heteroatoms. The fraction of sp³-hybridized carbons (Fsp3) is 0.500. The number of amides is 2. The number of carbonyl (C=O) groups is 2. The van der Waals surface area contributed by atoms with Gasteiger partial charge in [0.05, 0.1) is 5.75 Å². The Kier molecular flexibility index (Phi) is 6.80. The molecule has 7 nitrogen and oxygen atoms in total. The second-order valence-corrected chi connectivity index (χ2v) is 8.72. The van der Waals surface area contributed by atoms with E-state index in [4.69, 9.17) is 11.6 Å². The van der Waals surface area contributed by atoms with Gasteiger partial charge in [0.2, 0.25) is 5.91 Å². The minimum absolute atomic E-state index is 0.0426. The largest absolute Gasteiger partial charge is 0.340 e. The van der Waals surface area contributed by atoms with E-state index in [1.165, 1.54) is 0 Å². The third-order valence-corrected chi connectivity index (χ3v) is 5.15. The third-order valence-electron chi connectivity index (χ3n) is 3.92. The highest BCUT2D eigenvalue weighted by Crippen LogP contribution is 2.11. The summed E-state index contributed by atoms with van der Waals surface area (Å²) in [4.78, 5) is 26.7. The molecule has 1 saturated heterocycles. The Labute approximate surface area is 152 Å². The Morgan fingerprint density at radius 3 is 2.40 bits per heavy atom. The molecule has 1 aromatic rings. The molecule has 0 spiro atoms. The van der Waals surface area contributed by atoms with Gasteiger partial charge in [-0.15, -0.1) is 0 Å². The van der Waals surface area contributed by atoms with E-state index in [-0.39, 0.29) is 18.1 Å². The molecule has 2 N–H and O–H groups in total. The van der Waals surface area contributed by atoms with Gasteiger partial charge in [-0.05, 0) is 30.7 Å². The van der Waals surface area contributed by atoms with Crippen LogP contribution in [-0.4, -0.2) is 69.4 Å². The molecule has 1 aliphatic rings. The number of piperazine rings is 1. The number of benzene rings is 1. The average molecular weight is 388 g/mol. The highest BCUT2D eigenvalue weighted by Gasteiger charge is 2.28. The van der Waals surface area contributed by atoms with E-state index in [1.807, 2.05) is 0 Å².